The summed E-state index contributed by atoms with van der Waals surface area (Å²) in [5.41, 5.74) is 2.06. The Kier molecular flexibility index (Phi) is 4.78. The molecule has 0 spiro atoms. The molecule has 0 amide bonds. The normalized spacial score (nSPS) is 14.9. The third-order valence-electron chi connectivity index (χ3n) is 3.74. The van der Waals surface area contributed by atoms with Gasteiger partial charge in [-0.25, -0.2) is 0 Å². The number of aryl methyl sites for hydroxylation is 1. The first-order valence-corrected chi connectivity index (χ1v) is 7.23. The number of para-hydroxylation sites is 1. The van der Waals surface area contributed by atoms with Gasteiger partial charge in [-0.15, -0.1) is 0 Å². The highest BCUT2D eigenvalue weighted by Crippen LogP contribution is 2.22. The van der Waals surface area contributed by atoms with Gasteiger partial charge in [-0.2, -0.15) is 5.10 Å². The third-order valence-corrected chi connectivity index (χ3v) is 3.74. The molecule has 0 saturated heterocycles. The molecule has 0 saturated carbocycles. The van der Waals surface area contributed by atoms with E-state index in [1.54, 1.807) is 7.11 Å². The molecule has 2 unspecified atom stereocenters. The zero-order valence-electron chi connectivity index (χ0n) is 12.7. The number of ether oxygens (including phenoxy) is 1. The number of rotatable bonds is 6. The third kappa shape index (κ3) is 2.86. The van der Waals surface area contributed by atoms with Crippen molar-refractivity contribution >= 4 is 10.9 Å². The first-order valence-electron chi connectivity index (χ1n) is 7.23. The van der Waals surface area contributed by atoms with Crippen LogP contribution in [0, 0.1) is 5.92 Å². The molecule has 110 valence electrons. The number of benzene rings is 1. The van der Waals surface area contributed by atoms with E-state index in [1.165, 1.54) is 0 Å². The van der Waals surface area contributed by atoms with E-state index >= 15 is 0 Å². The molecule has 2 aromatic rings. The van der Waals surface area contributed by atoms with Crippen LogP contribution in [0.1, 0.15) is 26.5 Å². The monoisotopic (exact) mass is 276 g/mol. The van der Waals surface area contributed by atoms with Crippen LogP contribution >= 0.6 is 0 Å². The smallest absolute Gasteiger partial charge is 0.0860 e. The highest BCUT2D eigenvalue weighted by molar-refractivity contribution is 5.82. The van der Waals surface area contributed by atoms with Crippen molar-refractivity contribution in [3.63, 3.8) is 0 Å². The molecule has 4 heteroatoms. The number of hydrogen-bond acceptors (Lipinski definition) is 3. The average Bonchev–Trinajstić information content (AvgIpc) is 2.77. The maximum atomic E-state index is 10.4. The van der Waals surface area contributed by atoms with Crippen molar-refractivity contribution in [2.24, 2.45) is 5.92 Å². The second-order valence-corrected chi connectivity index (χ2v) is 5.50. The van der Waals surface area contributed by atoms with E-state index < -0.39 is 6.10 Å². The van der Waals surface area contributed by atoms with E-state index in [2.05, 4.69) is 38.0 Å². The molecule has 1 heterocycles. The predicted octanol–water partition coefficient (Wildman–Crippen LogP) is 2.63. The number of fused-ring (bicyclic) bond motifs is 1. The summed E-state index contributed by atoms with van der Waals surface area (Å²) < 4.78 is 7.39. The maximum absolute atomic E-state index is 10.4. The van der Waals surface area contributed by atoms with Crippen molar-refractivity contribution in [1.29, 1.82) is 0 Å². The lowest BCUT2D eigenvalue weighted by atomic mass is 9.97. The van der Waals surface area contributed by atoms with E-state index in [0.717, 1.165) is 23.1 Å². The molecule has 0 fully saturated rings. The lowest BCUT2D eigenvalue weighted by Gasteiger charge is -2.24. The largest absolute Gasteiger partial charge is 0.390 e. The summed E-state index contributed by atoms with van der Waals surface area (Å²) in [6.45, 7) is 7.01. The van der Waals surface area contributed by atoms with Crippen LogP contribution in [-0.4, -0.2) is 34.2 Å². The Hall–Kier alpha value is -1.39. The van der Waals surface area contributed by atoms with Crippen molar-refractivity contribution in [3.05, 3.63) is 30.0 Å². The lowest BCUT2D eigenvalue weighted by Crippen LogP contribution is -2.34. The highest BCUT2D eigenvalue weighted by atomic mass is 16.5. The van der Waals surface area contributed by atoms with Crippen LogP contribution < -0.4 is 0 Å². The summed E-state index contributed by atoms with van der Waals surface area (Å²) >= 11 is 0. The molecule has 0 radical (unpaired) electrons. The Labute approximate surface area is 120 Å². The Balaban J connectivity index is 2.29. The van der Waals surface area contributed by atoms with Gasteiger partial charge in [0, 0.05) is 25.5 Å². The van der Waals surface area contributed by atoms with Crippen molar-refractivity contribution in [1.82, 2.24) is 9.78 Å². The zero-order valence-corrected chi connectivity index (χ0v) is 12.7. The minimum atomic E-state index is -0.538. The molecule has 1 aromatic carbocycles. The van der Waals surface area contributed by atoms with Crippen molar-refractivity contribution in [2.75, 3.05) is 7.11 Å². The van der Waals surface area contributed by atoms with Gasteiger partial charge in [0.15, 0.2) is 0 Å². The minimum Gasteiger partial charge on any atom is -0.390 e. The van der Waals surface area contributed by atoms with Gasteiger partial charge in [-0.1, -0.05) is 32.0 Å². The van der Waals surface area contributed by atoms with Gasteiger partial charge >= 0.3 is 0 Å². The fraction of sp³-hybridized carbons (Fsp3) is 0.562. The van der Waals surface area contributed by atoms with E-state index in [0.29, 0.717) is 6.42 Å². The fourth-order valence-electron chi connectivity index (χ4n) is 2.78. The van der Waals surface area contributed by atoms with Gasteiger partial charge < -0.3 is 9.84 Å². The Bertz CT molecular complexity index is 563. The van der Waals surface area contributed by atoms with Gasteiger partial charge in [-0.3, -0.25) is 4.68 Å². The highest BCUT2D eigenvalue weighted by Gasteiger charge is 2.24. The van der Waals surface area contributed by atoms with Crippen LogP contribution in [0.25, 0.3) is 10.9 Å². The summed E-state index contributed by atoms with van der Waals surface area (Å²) in [5, 5.41) is 16.1. The standard InChI is InChI=1S/C16H24N2O2/c1-5-18-14-9-7-6-8-12(14)13(17-18)10-15(19)16(20-4)11(2)3/h6-9,11,15-16,19H,5,10H2,1-4H3. The number of aliphatic hydroxyl groups excluding tert-OH is 1. The molecular weight excluding hydrogens is 252 g/mol. The quantitative estimate of drug-likeness (QED) is 0.882. The molecule has 2 atom stereocenters. The number of hydrogen-bond donors (Lipinski definition) is 1. The van der Waals surface area contributed by atoms with Gasteiger partial charge in [0.2, 0.25) is 0 Å². The molecule has 0 aliphatic heterocycles. The van der Waals surface area contributed by atoms with Gasteiger partial charge in [0.25, 0.3) is 0 Å². The molecule has 1 N–H and O–H groups in total. The number of methoxy groups -OCH3 is 1. The second kappa shape index (κ2) is 6.37. The number of aromatic nitrogens is 2. The average molecular weight is 276 g/mol. The fourth-order valence-corrected chi connectivity index (χ4v) is 2.78. The first-order chi connectivity index (χ1) is 9.58. The summed E-state index contributed by atoms with van der Waals surface area (Å²) in [7, 11) is 1.65. The van der Waals surface area contributed by atoms with E-state index in [4.69, 9.17) is 4.74 Å². The summed E-state index contributed by atoms with van der Waals surface area (Å²) in [6.07, 6.45) is -0.186. The number of aliphatic hydroxyl groups is 1. The van der Waals surface area contributed by atoms with Gasteiger partial charge in [0.1, 0.15) is 0 Å². The Morgan fingerprint density at radius 3 is 2.60 bits per heavy atom. The molecule has 4 nitrogen and oxygen atoms in total. The molecule has 0 bridgehead atoms. The van der Waals surface area contributed by atoms with Crippen LogP contribution in [-0.2, 0) is 17.7 Å². The van der Waals surface area contributed by atoms with Crippen molar-refractivity contribution < 1.29 is 9.84 Å². The zero-order chi connectivity index (χ0) is 14.7. The molecular formula is C16H24N2O2. The SMILES string of the molecule is CCn1nc(CC(O)C(OC)C(C)C)c2ccccc21. The second-order valence-electron chi connectivity index (χ2n) is 5.50. The van der Waals surface area contributed by atoms with Crippen molar-refractivity contribution in [3.8, 4) is 0 Å². The Morgan fingerprint density at radius 1 is 1.30 bits per heavy atom. The van der Waals surface area contributed by atoms with Crippen LogP contribution in [0.15, 0.2) is 24.3 Å². The van der Waals surface area contributed by atoms with Crippen LogP contribution in [0.3, 0.4) is 0 Å². The minimum absolute atomic E-state index is 0.166. The van der Waals surface area contributed by atoms with E-state index in [9.17, 15) is 5.11 Å². The summed E-state index contributed by atoms with van der Waals surface area (Å²) in [4.78, 5) is 0. The van der Waals surface area contributed by atoms with Crippen LogP contribution in [0.4, 0.5) is 0 Å². The van der Waals surface area contributed by atoms with E-state index in [-0.39, 0.29) is 12.0 Å². The molecule has 0 aliphatic rings. The lowest BCUT2D eigenvalue weighted by molar-refractivity contribution is -0.0370. The molecule has 20 heavy (non-hydrogen) atoms. The summed E-state index contributed by atoms with van der Waals surface area (Å²) in [6, 6.07) is 8.16. The topological polar surface area (TPSA) is 47.3 Å². The van der Waals surface area contributed by atoms with Gasteiger partial charge in [-0.05, 0) is 18.9 Å². The Morgan fingerprint density at radius 2 is 2.00 bits per heavy atom. The molecule has 1 aromatic heterocycles. The number of nitrogens with zero attached hydrogens (tertiary/aromatic N) is 2. The molecule has 2 rings (SSSR count). The molecule has 0 aliphatic carbocycles. The van der Waals surface area contributed by atoms with Gasteiger partial charge in [0.05, 0.1) is 23.4 Å². The maximum Gasteiger partial charge on any atom is 0.0860 e. The van der Waals surface area contributed by atoms with Crippen LogP contribution in [0.2, 0.25) is 0 Å². The predicted molar refractivity (Wildman–Crippen MR) is 80.8 cm³/mol. The van der Waals surface area contributed by atoms with Crippen molar-refractivity contribution in [2.45, 2.75) is 45.9 Å². The van der Waals surface area contributed by atoms with E-state index in [1.807, 2.05) is 16.8 Å². The first kappa shape index (κ1) is 15.0. The van der Waals surface area contributed by atoms with Crippen LogP contribution in [0.5, 0.6) is 0 Å². The summed E-state index contributed by atoms with van der Waals surface area (Å²) in [5.74, 6) is 0.273.